The lowest BCUT2D eigenvalue weighted by molar-refractivity contribution is -0.152. The van der Waals surface area contributed by atoms with E-state index in [2.05, 4.69) is 0 Å². The van der Waals surface area contributed by atoms with Gasteiger partial charge in [-0.1, -0.05) is 18.2 Å². The normalized spacial score (nSPS) is 11.8. The number of esters is 1. The molecule has 0 amide bonds. The zero-order valence-electron chi connectivity index (χ0n) is 10.1. The highest BCUT2D eigenvalue weighted by molar-refractivity contribution is 5.79. The van der Waals surface area contributed by atoms with Gasteiger partial charge in [-0.15, -0.1) is 0 Å². The number of ether oxygens (including phenoxy) is 1. The van der Waals surface area contributed by atoms with Crippen molar-refractivity contribution in [2.45, 2.75) is 19.8 Å². The second-order valence-corrected chi connectivity index (χ2v) is 3.88. The zero-order valence-corrected chi connectivity index (χ0v) is 10.1. The van der Waals surface area contributed by atoms with Crippen molar-refractivity contribution >= 4 is 11.9 Å². The molecular formula is C13H16O5. The number of aromatic hydroxyl groups is 1. The van der Waals surface area contributed by atoms with Gasteiger partial charge in [-0.25, -0.2) is 0 Å². The molecule has 0 aromatic heterocycles. The Balaban J connectivity index is 2.81. The molecule has 0 aliphatic carbocycles. The molecule has 0 fully saturated rings. The predicted octanol–water partition coefficient (Wildman–Crippen LogP) is 1.59. The van der Waals surface area contributed by atoms with Gasteiger partial charge in [0.15, 0.2) is 0 Å². The third-order valence-electron chi connectivity index (χ3n) is 2.50. The van der Waals surface area contributed by atoms with Crippen LogP contribution >= 0.6 is 0 Å². The van der Waals surface area contributed by atoms with Crippen molar-refractivity contribution in [2.75, 3.05) is 6.61 Å². The number of phenolic OH excluding ortho intramolecular Hbond substituents is 1. The zero-order chi connectivity index (χ0) is 13.5. The molecule has 5 nitrogen and oxygen atoms in total. The summed E-state index contributed by atoms with van der Waals surface area (Å²) in [6.45, 7) is 1.87. The topological polar surface area (TPSA) is 83.8 Å². The van der Waals surface area contributed by atoms with Crippen molar-refractivity contribution in [3.63, 3.8) is 0 Å². The van der Waals surface area contributed by atoms with Crippen LogP contribution in [-0.4, -0.2) is 28.8 Å². The summed E-state index contributed by atoms with van der Waals surface area (Å²) in [5.74, 6) is -2.35. The van der Waals surface area contributed by atoms with Crippen LogP contribution in [0.5, 0.6) is 5.75 Å². The molecule has 2 N–H and O–H groups in total. The van der Waals surface area contributed by atoms with E-state index in [1.807, 2.05) is 0 Å². The highest BCUT2D eigenvalue weighted by Gasteiger charge is 2.24. The predicted molar refractivity (Wildman–Crippen MR) is 64.2 cm³/mol. The number of carboxylic acid groups (broad SMARTS) is 1. The molecule has 0 radical (unpaired) electrons. The van der Waals surface area contributed by atoms with E-state index in [-0.39, 0.29) is 25.2 Å². The Hall–Kier alpha value is -2.04. The monoisotopic (exact) mass is 252 g/mol. The lowest BCUT2D eigenvalue weighted by Gasteiger charge is -2.14. The Kier molecular flexibility index (Phi) is 5.17. The fraction of sp³-hybridized carbons (Fsp3) is 0.385. The molecule has 0 heterocycles. The van der Waals surface area contributed by atoms with E-state index in [0.29, 0.717) is 5.56 Å². The average Bonchev–Trinajstić information content (AvgIpc) is 2.31. The molecular weight excluding hydrogens is 236 g/mol. The first-order valence-corrected chi connectivity index (χ1v) is 5.69. The molecule has 1 unspecified atom stereocenters. The van der Waals surface area contributed by atoms with Crippen LogP contribution in [-0.2, 0) is 20.7 Å². The van der Waals surface area contributed by atoms with Crippen molar-refractivity contribution in [1.29, 1.82) is 0 Å². The van der Waals surface area contributed by atoms with Gasteiger partial charge in [0.25, 0.3) is 0 Å². The van der Waals surface area contributed by atoms with E-state index in [0.717, 1.165) is 0 Å². The number of carboxylic acids is 1. The van der Waals surface area contributed by atoms with Gasteiger partial charge in [-0.2, -0.15) is 0 Å². The summed E-state index contributed by atoms with van der Waals surface area (Å²) in [6.07, 6.45) is -0.162. The van der Waals surface area contributed by atoms with E-state index >= 15 is 0 Å². The van der Waals surface area contributed by atoms with Crippen LogP contribution in [0.3, 0.4) is 0 Å². The summed E-state index contributed by atoms with van der Waals surface area (Å²) in [6, 6.07) is 6.54. The van der Waals surface area contributed by atoms with E-state index in [9.17, 15) is 14.7 Å². The van der Waals surface area contributed by atoms with Crippen LogP contribution < -0.4 is 0 Å². The molecule has 18 heavy (non-hydrogen) atoms. The maximum absolute atomic E-state index is 11.6. The van der Waals surface area contributed by atoms with Gasteiger partial charge in [0.1, 0.15) is 5.75 Å². The van der Waals surface area contributed by atoms with E-state index in [4.69, 9.17) is 9.84 Å². The lowest BCUT2D eigenvalue weighted by Crippen LogP contribution is -2.23. The highest BCUT2D eigenvalue weighted by atomic mass is 16.5. The third-order valence-corrected chi connectivity index (χ3v) is 2.50. The number of phenols is 1. The molecule has 1 aromatic rings. The maximum atomic E-state index is 11.6. The number of hydrogen-bond donors (Lipinski definition) is 2. The first kappa shape index (κ1) is 14.0. The van der Waals surface area contributed by atoms with Crippen molar-refractivity contribution in [3.05, 3.63) is 29.8 Å². The van der Waals surface area contributed by atoms with Gasteiger partial charge in [-0.3, -0.25) is 9.59 Å². The molecule has 1 atom stereocenters. The summed E-state index contributed by atoms with van der Waals surface area (Å²) in [5, 5.41) is 18.4. The third kappa shape index (κ3) is 4.08. The smallest absolute Gasteiger partial charge is 0.309 e. The Labute approximate surface area is 105 Å². The van der Waals surface area contributed by atoms with Crippen molar-refractivity contribution < 1.29 is 24.5 Å². The summed E-state index contributed by atoms with van der Waals surface area (Å²) in [4.78, 5) is 22.4. The number of aliphatic carboxylic acids is 1. The Morgan fingerprint density at radius 3 is 2.56 bits per heavy atom. The summed E-state index contributed by atoms with van der Waals surface area (Å²) in [5.41, 5.74) is 0.539. The van der Waals surface area contributed by atoms with Crippen molar-refractivity contribution in [2.24, 2.45) is 5.92 Å². The highest BCUT2D eigenvalue weighted by Crippen LogP contribution is 2.22. The average molecular weight is 252 g/mol. The number of rotatable bonds is 6. The largest absolute Gasteiger partial charge is 0.508 e. The maximum Gasteiger partial charge on any atom is 0.309 e. The molecule has 0 saturated heterocycles. The molecule has 0 aliphatic rings. The Morgan fingerprint density at radius 2 is 2.00 bits per heavy atom. The molecule has 1 aromatic carbocycles. The first-order chi connectivity index (χ1) is 8.54. The van der Waals surface area contributed by atoms with E-state index < -0.39 is 17.9 Å². The fourth-order valence-electron chi connectivity index (χ4n) is 1.66. The van der Waals surface area contributed by atoms with Gasteiger partial charge >= 0.3 is 11.9 Å². The Bertz CT molecular complexity index is 427. The minimum absolute atomic E-state index is 0.0530. The number of carbonyl (C=O) groups excluding carboxylic acids is 1. The second-order valence-electron chi connectivity index (χ2n) is 3.88. The minimum Gasteiger partial charge on any atom is -0.508 e. The molecule has 5 heteroatoms. The molecule has 0 bridgehead atoms. The van der Waals surface area contributed by atoms with Crippen LogP contribution in [0, 0.1) is 5.92 Å². The number of benzene rings is 1. The summed E-state index contributed by atoms with van der Waals surface area (Å²) < 4.78 is 4.83. The number of para-hydroxylation sites is 1. The standard InChI is InChI=1S/C13H16O5/c1-2-18-13(17)10(8-12(15)16)7-9-5-3-4-6-11(9)14/h3-6,10,14H,2,7-8H2,1H3,(H,15,16). The van der Waals surface area contributed by atoms with Gasteiger partial charge in [0, 0.05) is 0 Å². The fourth-order valence-corrected chi connectivity index (χ4v) is 1.66. The Morgan fingerprint density at radius 1 is 1.33 bits per heavy atom. The lowest BCUT2D eigenvalue weighted by atomic mass is 9.96. The first-order valence-electron chi connectivity index (χ1n) is 5.69. The van der Waals surface area contributed by atoms with Gasteiger partial charge in [0.2, 0.25) is 0 Å². The van der Waals surface area contributed by atoms with Gasteiger partial charge in [0.05, 0.1) is 18.9 Å². The van der Waals surface area contributed by atoms with Crippen LogP contribution in [0.2, 0.25) is 0 Å². The summed E-state index contributed by atoms with van der Waals surface area (Å²) >= 11 is 0. The van der Waals surface area contributed by atoms with Crippen LogP contribution in [0.25, 0.3) is 0 Å². The van der Waals surface area contributed by atoms with Crippen molar-refractivity contribution in [1.82, 2.24) is 0 Å². The minimum atomic E-state index is -1.07. The van der Waals surface area contributed by atoms with Crippen LogP contribution in [0.15, 0.2) is 24.3 Å². The number of hydrogen-bond acceptors (Lipinski definition) is 4. The molecule has 0 saturated carbocycles. The molecule has 1 rings (SSSR count). The van der Waals surface area contributed by atoms with Gasteiger partial charge in [-0.05, 0) is 25.0 Å². The van der Waals surface area contributed by atoms with Crippen LogP contribution in [0.1, 0.15) is 18.9 Å². The SMILES string of the molecule is CCOC(=O)C(CC(=O)O)Cc1ccccc1O. The van der Waals surface area contributed by atoms with E-state index in [1.54, 1.807) is 25.1 Å². The molecule has 0 spiro atoms. The van der Waals surface area contributed by atoms with E-state index in [1.165, 1.54) is 6.07 Å². The van der Waals surface area contributed by atoms with Crippen LogP contribution in [0.4, 0.5) is 0 Å². The molecule has 0 aliphatic heterocycles. The molecule has 98 valence electrons. The quantitative estimate of drug-likeness (QED) is 0.751. The van der Waals surface area contributed by atoms with Crippen molar-refractivity contribution in [3.8, 4) is 5.75 Å². The number of carbonyl (C=O) groups is 2. The van der Waals surface area contributed by atoms with Gasteiger partial charge < -0.3 is 14.9 Å². The summed E-state index contributed by atoms with van der Waals surface area (Å²) in [7, 11) is 0. The second kappa shape index (κ2) is 6.64.